The number of likely N-dealkylation sites (tertiary alicyclic amines) is 1. The minimum absolute atomic E-state index is 0.0410. The van der Waals surface area contributed by atoms with E-state index in [0.29, 0.717) is 13.0 Å². The summed E-state index contributed by atoms with van der Waals surface area (Å²) in [7, 11) is 0. The van der Waals surface area contributed by atoms with Crippen LogP contribution in [0.1, 0.15) is 79.2 Å². The van der Waals surface area contributed by atoms with Gasteiger partial charge in [-0.15, -0.1) is 0 Å². The molecule has 3 N–H and O–H groups in total. The van der Waals surface area contributed by atoms with Crippen molar-refractivity contribution in [2.45, 2.75) is 116 Å². The first-order valence-electron chi connectivity index (χ1n) is 16.1. The molecule has 11 heteroatoms. The standard InChI is InChI=1S/C34H47N5O6/c1-20(45-34(6)13-10-14-34)26(37-31(43)44-19-21-11-8-7-9-12-21)30(42)39-18-24-25(33(24,4)5)27(39)29(41)36-23(17-35)15-22-16-32(2,3)38-28(22)40/h7-9,11-12,20,22-27H,10,13-16,18-19H2,1-6H3,(H,36,41)(H,37,43)(H,38,40)/t20-,22-,23+,24+,25+,26+,27+/m1/s1. The van der Waals surface area contributed by atoms with Gasteiger partial charge in [0.2, 0.25) is 17.7 Å². The molecule has 4 fully saturated rings. The van der Waals surface area contributed by atoms with Gasteiger partial charge in [0.15, 0.2) is 0 Å². The molecule has 0 unspecified atom stereocenters. The van der Waals surface area contributed by atoms with Crippen LogP contribution in [0.2, 0.25) is 0 Å². The lowest BCUT2D eigenvalue weighted by atomic mass is 9.81. The fourth-order valence-electron chi connectivity index (χ4n) is 7.64. The van der Waals surface area contributed by atoms with Crippen molar-refractivity contribution in [1.29, 1.82) is 5.26 Å². The molecule has 2 saturated carbocycles. The smallest absolute Gasteiger partial charge is 0.408 e. The first-order chi connectivity index (χ1) is 21.1. The number of ether oxygens (including phenoxy) is 2. The van der Waals surface area contributed by atoms with Crippen molar-refractivity contribution in [3.05, 3.63) is 35.9 Å². The van der Waals surface area contributed by atoms with Crippen molar-refractivity contribution in [2.24, 2.45) is 23.2 Å². The lowest BCUT2D eigenvalue weighted by molar-refractivity contribution is -0.156. The second-order valence-corrected chi connectivity index (χ2v) is 14.9. The maximum Gasteiger partial charge on any atom is 0.408 e. The molecule has 2 heterocycles. The minimum Gasteiger partial charge on any atom is -0.445 e. The zero-order valence-electron chi connectivity index (χ0n) is 27.2. The van der Waals surface area contributed by atoms with Gasteiger partial charge in [-0.25, -0.2) is 4.79 Å². The first kappa shape index (κ1) is 32.7. The number of fused-ring (bicyclic) bond motifs is 1. The van der Waals surface area contributed by atoms with Gasteiger partial charge in [-0.2, -0.15) is 5.26 Å². The molecule has 0 aromatic heterocycles. The fourth-order valence-corrected chi connectivity index (χ4v) is 7.64. The molecule has 4 aliphatic rings. The number of benzene rings is 1. The topological polar surface area (TPSA) is 150 Å². The summed E-state index contributed by atoms with van der Waals surface area (Å²) in [5.41, 5.74) is -0.104. The van der Waals surface area contributed by atoms with Crippen molar-refractivity contribution in [1.82, 2.24) is 20.9 Å². The van der Waals surface area contributed by atoms with Gasteiger partial charge < -0.3 is 30.3 Å². The number of nitrogens with zero attached hydrogens (tertiary/aromatic N) is 2. The Morgan fingerprint density at radius 1 is 1.11 bits per heavy atom. The normalized spacial score (nSPS) is 28.7. The Bertz CT molecular complexity index is 1350. The van der Waals surface area contributed by atoms with E-state index < -0.39 is 48.1 Å². The van der Waals surface area contributed by atoms with Crippen molar-refractivity contribution in [3.63, 3.8) is 0 Å². The molecule has 11 nitrogen and oxygen atoms in total. The Labute approximate surface area is 265 Å². The van der Waals surface area contributed by atoms with E-state index in [2.05, 4.69) is 35.9 Å². The number of alkyl carbamates (subject to hydrolysis) is 1. The minimum atomic E-state index is -1.09. The van der Waals surface area contributed by atoms with E-state index in [-0.39, 0.29) is 47.3 Å². The van der Waals surface area contributed by atoms with Crippen LogP contribution >= 0.6 is 0 Å². The Balaban J connectivity index is 1.31. The fraction of sp³-hybridized carbons (Fsp3) is 0.676. The summed E-state index contributed by atoms with van der Waals surface area (Å²) in [6, 6.07) is 8.62. The maximum atomic E-state index is 14.3. The zero-order chi connectivity index (χ0) is 32.7. The highest BCUT2D eigenvalue weighted by Crippen LogP contribution is 2.65. The summed E-state index contributed by atoms with van der Waals surface area (Å²) < 4.78 is 11.8. The molecule has 2 saturated heterocycles. The molecular formula is C34H47N5O6. The molecule has 5 rings (SSSR count). The number of carbonyl (C=O) groups excluding carboxylic acids is 4. The lowest BCUT2D eigenvalue weighted by Gasteiger charge is -2.42. The quantitative estimate of drug-likeness (QED) is 0.343. The van der Waals surface area contributed by atoms with Crippen LogP contribution in [0.15, 0.2) is 30.3 Å². The third kappa shape index (κ3) is 6.96. The Morgan fingerprint density at radius 3 is 2.38 bits per heavy atom. The third-order valence-corrected chi connectivity index (χ3v) is 10.4. The molecule has 4 amide bonds. The average Bonchev–Trinajstić information content (AvgIpc) is 3.24. The van der Waals surface area contributed by atoms with Gasteiger partial charge >= 0.3 is 6.09 Å². The van der Waals surface area contributed by atoms with E-state index >= 15 is 0 Å². The maximum absolute atomic E-state index is 14.3. The van der Waals surface area contributed by atoms with E-state index in [0.717, 1.165) is 24.8 Å². The number of carbonyl (C=O) groups is 4. The van der Waals surface area contributed by atoms with E-state index in [1.165, 1.54) is 0 Å². The summed E-state index contributed by atoms with van der Waals surface area (Å²) in [5.74, 6) is -1.35. The number of piperidine rings is 1. The van der Waals surface area contributed by atoms with Gasteiger partial charge in [0.05, 0.1) is 17.8 Å². The highest BCUT2D eigenvalue weighted by molar-refractivity contribution is 5.93. The van der Waals surface area contributed by atoms with Gasteiger partial charge in [0, 0.05) is 18.0 Å². The lowest BCUT2D eigenvalue weighted by Crippen LogP contribution is -2.60. The first-order valence-corrected chi connectivity index (χ1v) is 16.1. The number of rotatable bonds is 11. The zero-order valence-corrected chi connectivity index (χ0v) is 27.2. The van der Waals surface area contributed by atoms with Crippen LogP contribution in [0, 0.1) is 34.5 Å². The van der Waals surface area contributed by atoms with Crippen LogP contribution in [-0.4, -0.2) is 70.6 Å². The third-order valence-electron chi connectivity index (χ3n) is 10.4. The van der Waals surface area contributed by atoms with E-state index in [4.69, 9.17) is 9.47 Å². The van der Waals surface area contributed by atoms with Gasteiger partial charge in [-0.05, 0) is 82.6 Å². The highest BCUT2D eigenvalue weighted by Gasteiger charge is 2.69. The predicted molar refractivity (Wildman–Crippen MR) is 165 cm³/mol. The van der Waals surface area contributed by atoms with Crippen molar-refractivity contribution in [3.8, 4) is 6.07 Å². The Hall–Kier alpha value is -3.65. The van der Waals surface area contributed by atoms with Crippen molar-refractivity contribution in [2.75, 3.05) is 6.54 Å². The van der Waals surface area contributed by atoms with Crippen LogP contribution in [0.3, 0.4) is 0 Å². The largest absolute Gasteiger partial charge is 0.445 e. The second kappa shape index (κ2) is 12.3. The van der Waals surface area contributed by atoms with E-state index in [1.807, 2.05) is 51.1 Å². The molecule has 2 aliphatic heterocycles. The summed E-state index contributed by atoms with van der Waals surface area (Å²) >= 11 is 0. The van der Waals surface area contributed by atoms with E-state index in [9.17, 15) is 24.4 Å². The molecule has 45 heavy (non-hydrogen) atoms. The number of nitriles is 1. The van der Waals surface area contributed by atoms with Gasteiger partial charge in [-0.1, -0.05) is 44.2 Å². The predicted octanol–water partition coefficient (Wildman–Crippen LogP) is 3.43. The molecular weight excluding hydrogens is 574 g/mol. The summed E-state index contributed by atoms with van der Waals surface area (Å²) in [4.78, 5) is 55.3. The molecule has 0 spiro atoms. The molecule has 1 aromatic rings. The summed E-state index contributed by atoms with van der Waals surface area (Å²) in [5, 5.41) is 18.5. The molecule has 2 aliphatic carbocycles. The molecule has 0 bridgehead atoms. The summed E-state index contributed by atoms with van der Waals surface area (Å²) in [6.07, 6.45) is 2.07. The van der Waals surface area contributed by atoms with Gasteiger partial charge in [-0.3, -0.25) is 14.4 Å². The van der Waals surface area contributed by atoms with Crippen LogP contribution in [0.25, 0.3) is 0 Å². The summed E-state index contributed by atoms with van der Waals surface area (Å²) in [6.45, 7) is 12.2. The average molecular weight is 622 g/mol. The van der Waals surface area contributed by atoms with Crippen molar-refractivity contribution >= 4 is 23.8 Å². The number of amides is 4. The number of hydrogen-bond acceptors (Lipinski definition) is 7. The molecule has 7 atom stereocenters. The molecule has 244 valence electrons. The van der Waals surface area contributed by atoms with Crippen LogP contribution < -0.4 is 16.0 Å². The SMILES string of the molecule is C[C@@H](OC1(C)CCC1)[C@H](NC(=O)OCc1ccccc1)C(=O)N1C[C@H]2[C@@H]([C@H]1C(=O)N[C@H](C#N)C[C@@H]1CC(C)(C)NC1=O)C2(C)C. The Kier molecular flexibility index (Phi) is 8.93. The van der Waals surface area contributed by atoms with Crippen LogP contribution in [0.4, 0.5) is 4.79 Å². The second-order valence-electron chi connectivity index (χ2n) is 14.9. The van der Waals surface area contributed by atoms with Crippen molar-refractivity contribution < 1.29 is 28.7 Å². The number of nitrogens with one attached hydrogen (secondary N) is 3. The van der Waals surface area contributed by atoms with E-state index in [1.54, 1.807) is 11.8 Å². The number of hydrogen-bond donors (Lipinski definition) is 3. The van der Waals surface area contributed by atoms with Crippen LogP contribution in [0.5, 0.6) is 0 Å². The molecule has 1 aromatic carbocycles. The van der Waals surface area contributed by atoms with Gasteiger partial charge in [0.25, 0.3) is 0 Å². The van der Waals surface area contributed by atoms with Gasteiger partial charge in [0.1, 0.15) is 24.7 Å². The highest BCUT2D eigenvalue weighted by atomic mass is 16.6. The Morgan fingerprint density at radius 2 is 1.80 bits per heavy atom. The van der Waals surface area contributed by atoms with Crippen LogP contribution in [-0.2, 0) is 30.5 Å². The monoisotopic (exact) mass is 621 g/mol. The molecule has 0 radical (unpaired) electrons.